The van der Waals surface area contributed by atoms with Gasteiger partial charge in [-0.25, -0.2) is 8.42 Å². The van der Waals surface area contributed by atoms with Crippen molar-refractivity contribution >= 4 is 27.2 Å². The maximum absolute atomic E-state index is 11.8. The SMILES string of the molecule is O=C1CS(=O)(=O)c2ccc(-c3ccc(CO)cc3Cl)cc21. The Balaban J connectivity index is 2.14. The summed E-state index contributed by atoms with van der Waals surface area (Å²) in [6.45, 7) is -0.110. The molecule has 0 aromatic heterocycles. The van der Waals surface area contributed by atoms with Crippen molar-refractivity contribution < 1.29 is 18.3 Å². The first-order chi connectivity index (χ1) is 9.92. The number of sulfone groups is 1. The number of aliphatic hydroxyl groups excluding tert-OH is 1. The topological polar surface area (TPSA) is 71.4 Å². The normalized spacial score (nSPS) is 16.0. The second kappa shape index (κ2) is 4.94. The molecule has 6 heteroatoms. The lowest BCUT2D eigenvalue weighted by atomic mass is 10.0. The van der Waals surface area contributed by atoms with Crippen molar-refractivity contribution in [1.29, 1.82) is 0 Å². The van der Waals surface area contributed by atoms with E-state index in [0.717, 1.165) is 0 Å². The Labute approximate surface area is 126 Å². The minimum absolute atomic E-state index is 0.0827. The molecular formula is C15H11ClO4S. The molecule has 4 nitrogen and oxygen atoms in total. The molecule has 0 atom stereocenters. The fraction of sp³-hybridized carbons (Fsp3) is 0.133. The third kappa shape index (κ3) is 2.37. The summed E-state index contributed by atoms with van der Waals surface area (Å²) in [6.07, 6.45) is 0. The van der Waals surface area contributed by atoms with E-state index in [1.165, 1.54) is 6.07 Å². The van der Waals surface area contributed by atoms with Gasteiger partial charge in [-0.2, -0.15) is 0 Å². The highest BCUT2D eigenvalue weighted by Gasteiger charge is 2.33. The minimum Gasteiger partial charge on any atom is -0.392 e. The van der Waals surface area contributed by atoms with E-state index in [1.807, 2.05) is 0 Å². The standard InChI is InChI=1S/C15H11ClO4S/c16-13-5-9(7-17)1-3-11(13)10-2-4-15-12(6-10)14(18)8-21(15,19)20/h1-6,17H,7-8H2. The van der Waals surface area contributed by atoms with Crippen molar-refractivity contribution in [2.75, 3.05) is 5.75 Å². The lowest BCUT2D eigenvalue weighted by molar-refractivity contribution is 0.102. The highest BCUT2D eigenvalue weighted by molar-refractivity contribution is 7.92. The summed E-state index contributed by atoms with van der Waals surface area (Å²) in [5.74, 6) is -0.863. The molecule has 1 N–H and O–H groups in total. The monoisotopic (exact) mass is 322 g/mol. The zero-order valence-electron chi connectivity index (χ0n) is 10.8. The Morgan fingerprint density at radius 2 is 1.86 bits per heavy atom. The van der Waals surface area contributed by atoms with Crippen molar-refractivity contribution in [3.63, 3.8) is 0 Å². The first-order valence-electron chi connectivity index (χ1n) is 6.22. The number of carbonyl (C=O) groups is 1. The van der Waals surface area contributed by atoms with Gasteiger partial charge in [0.1, 0.15) is 5.75 Å². The molecule has 0 saturated heterocycles. The van der Waals surface area contributed by atoms with E-state index >= 15 is 0 Å². The summed E-state index contributed by atoms with van der Waals surface area (Å²) in [5.41, 5.74) is 2.26. The Bertz CT molecular complexity index is 856. The molecule has 1 aliphatic heterocycles. The molecule has 0 radical (unpaired) electrons. The molecule has 0 fully saturated rings. The van der Waals surface area contributed by atoms with Gasteiger partial charge in [0.25, 0.3) is 0 Å². The number of ketones is 1. The number of halogens is 1. The van der Waals surface area contributed by atoms with Gasteiger partial charge in [-0.15, -0.1) is 0 Å². The van der Waals surface area contributed by atoms with Crippen LogP contribution in [0, 0.1) is 0 Å². The lowest BCUT2D eigenvalue weighted by Gasteiger charge is -2.08. The van der Waals surface area contributed by atoms with Crippen LogP contribution in [0.5, 0.6) is 0 Å². The molecule has 0 unspecified atom stereocenters. The van der Waals surface area contributed by atoms with Crippen LogP contribution in [0.1, 0.15) is 15.9 Å². The van der Waals surface area contributed by atoms with Crippen LogP contribution in [0.2, 0.25) is 5.02 Å². The molecular weight excluding hydrogens is 312 g/mol. The van der Waals surface area contributed by atoms with E-state index in [1.54, 1.807) is 30.3 Å². The van der Waals surface area contributed by atoms with Crippen molar-refractivity contribution in [3.8, 4) is 11.1 Å². The van der Waals surface area contributed by atoms with Gasteiger partial charge in [0.15, 0.2) is 15.6 Å². The Hall–Kier alpha value is -1.69. The molecule has 108 valence electrons. The molecule has 0 amide bonds. The number of fused-ring (bicyclic) bond motifs is 1. The average Bonchev–Trinajstić information content (AvgIpc) is 2.68. The largest absolute Gasteiger partial charge is 0.392 e. The predicted molar refractivity (Wildman–Crippen MR) is 79.2 cm³/mol. The van der Waals surface area contributed by atoms with Crippen molar-refractivity contribution in [3.05, 3.63) is 52.5 Å². The number of hydrogen-bond acceptors (Lipinski definition) is 4. The Morgan fingerprint density at radius 1 is 1.10 bits per heavy atom. The fourth-order valence-electron chi connectivity index (χ4n) is 2.41. The van der Waals surface area contributed by atoms with E-state index in [4.69, 9.17) is 16.7 Å². The van der Waals surface area contributed by atoms with Crippen LogP contribution in [0.15, 0.2) is 41.3 Å². The molecule has 21 heavy (non-hydrogen) atoms. The van der Waals surface area contributed by atoms with E-state index in [2.05, 4.69) is 0 Å². The zero-order valence-corrected chi connectivity index (χ0v) is 12.4. The van der Waals surface area contributed by atoms with Gasteiger partial charge in [-0.05, 0) is 29.3 Å². The van der Waals surface area contributed by atoms with Crippen molar-refractivity contribution in [2.45, 2.75) is 11.5 Å². The molecule has 1 heterocycles. The van der Waals surface area contributed by atoms with Crippen LogP contribution in [-0.2, 0) is 16.4 Å². The van der Waals surface area contributed by atoms with Gasteiger partial charge >= 0.3 is 0 Å². The maximum atomic E-state index is 11.8. The molecule has 1 aliphatic rings. The van der Waals surface area contributed by atoms with Crippen LogP contribution in [-0.4, -0.2) is 25.1 Å². The number of rotatable bonds is 2. The molecule has 0 saturated carbocycles. The summed E-state index contributed by atoms with van der Waals surface area (Å²) in [6, 6.07) is 9.75. The number of benzene rings is 2. The second-order valence-corrected chi connectivity index (χ2v) is 7.23. The van der Waals surface area contributed by atoms with Crippen LogP contribution >= 0.6 is 11.6 Å². The highest BCUT2D eigenvalue weighted by Crippen LogP contribution is 2.34. The summed E-state index contributed by atoms with van der Waals surface area (Å²) < 4.78 is 23.6. The number of Topliss-reactive ketones (excluding diaryl/α,β-unsaturated/α-hetero) is 1. The highest BCUT2D eigenvalue weighted by atomic mass is 35.5. The van der Waals surface area contributed by atoms with Crippen LogP contribution in [0.25, 0.3) is 11.1 Å². The summed E-state index contributed by atoms with van der Waals surface area (Å²) in [7, 11) is -3.49. The Kier molecular flexibility index (Phi) is 3.36. The quantitative estimate of drug-likeness (QED) is 0.922. The molecule has 0 bridgehead atoms. The molecule has 2 aromatic rings. The zero-order chi connectivity index (χ0) is 15.2. The first kappa shape index (κ1) is 14.3. The van der Waals surface area contributed by atoms with Gasteiger partial charge < -0.3 is 5.11 Å². The lowest BCUT2D eigenvalue weighted by Crippen LogP contribution is -2.03. The van der Waals surface area contributed by atoms with Crippen molar-refractivity contribution in [1.82, 2.24) is 0 Å². The smallest absolute Gasteiger partial charge is 0.186 e. The van der Waals surface area contributed by atoms with Gasteiger partial charge in [0.2, 0.25) is 0 Å². The van der Waals surface area contributed by atoms with Gasteiger partial charge in [-0.3, -0.25) is 4.79 Å². The van der Waals surface area contributed by atoms with Gasteiger partial charge in [-0.1, -0.05) is 29.8 Å². The van der Waals surface area contributed by atoms with Crippen LogP contribution < -0.4 is 0 Å². The summed E-state index contributed by atoms with van der Waals surface area (Å²) >= 11 is 6.17. The van der Waals surface area contributed by atoms with Crippen LogP contribution in [0.3, 0.4) is 0 Å². The molecule has 0 spiro atoms. The number of aliphatic hydroxyl groups is 1. The predicted octanol–water partition coefficient (Wildman–Crippen LogP) is 2.47. The van der Waals surface area contributed by atoms with E-state index in [9.17, 15) is 13.2 Å². The average molecular weight is 323 g/mol. The van der Waals surface area contributed by atoms with E-state index in [-0.39, 0.29) is 17.1 Å². The number of hydrogen-bond donors (Lipinski definition) is 1. The molecule has 3 rings (SSSR count). The van der Waals surface area contributed by atoms with Crippen molar-refractivity contribution in [2.24, 2.45) is 0 Å². The summed E-state index contributed by atoms with van der Waals surface area (Å²) in [5, 5.41) is 9.51. The molecule has 2 aromatic carbocycles. The second-order valence-electron chi connectivity index (χ2n) is 4.87. The minimum atomic E-state index is -3.49. The van der Waals surface area contributed by atoms with Gasteiger partial charge in [0, 0.05) is 16.1 Å². The van der Waals surface area contributed by atoms with Crippen LogP contribution in [0.4, 0.5) is 0 Å². The summed E-state index contributed by atoms with van der Waals surface area (Å²) in [4.78, 5) is 11.9. The molecule has 0 aliphatic carbocycles. The van der Waals surface area contributed by atoms with Gasteiger partial charge in [0.05, 0.1) is 11.5 Å². The maximum Gasteiger partial charge on any atom is 0.186 e. The number of carbonyl (C=O) groups excluding carboxylic acids is 1. The third-order valence-electron chi connectivity index (χ3n) is 3.46. The first-order valence-corrected chi connectivity index (χ1v) is 8.25. The van der Waals surface area contributed by atoms with E-state index in [0.29, 0.717) is 21.7 Å². The van der Waals surface area contributed by atoms with E-state index < -0.39 is 21.4 Å². The Morgan fingerprint density at radius 3 is 2.52 bits per heavy atom. The fourth-order valence-corrected chi connectivity index (χ4v) is 4.16. The third-order valence-corrected chi connectivity index (χ3v) is 5.44.